The Kier molecular flexibility index (Phi) is 5.54. The normalized spacial score (nSPS) is 12.6. The molecule has 1 amide bonds. The number of primary sulfonamides is 1. The molecule has 1 aromatic heterocycles. The smallest absolute Gasteiger partial charge is 0.274 e. The molecule has 1 atom stereocenters. The number of nitrogens with two attached hydrogens (primary N) is 1. The highest BCUT2D eigenvalue weighted by Gasteiger charge is 2.19. The molecule has 0 aliphatic carbocycles. The Hall–Kier alpha value is -3.04. The Labute approximate surface area is 169 Å². The van der Waals surface area contributed by atoms with Gasteiger partial charge in [0, 0.05) is 0 Å². The summed E-state index contributed by atoms with van der Waals surface area (Å²) in [6.45, 7) is 7.50. The molecule has 1 unspecified atom stereocenters. The molecule has 0 aliphatic heterocycles. The average molecular weight is 414 g/mol. The van der Waals surface area contributed by atoms with Gasteiger partial charge in [-0.25, -0.2) is 13.6 Å². The zero-order valence-electron chi connectivity index (χ0n) is 16.7. The van der Waals surface area contributed by atoms with E-state index in [4.69, 9.17) is 5.14 Å². The average Bonchev–Trinajstić information content (AvgIpc) is 3.02. The van der Waals surface area contributed by atoms with Gasteiger partial charge in [-0.05, 0) is 57.0 Å². The predicted molar refractivity (Wildman–Crippen MR) is 109 cm³/mol. The first kappa shape index (κ1) is 20.7. The van der Waals surface area contributed by atoms with Crippen LogP contribution in [0.2, 0.25) is 0 Å². The Morgan fingerprint density at radius 3 is 2.31 bits per heavy atom. The maximum atomic E-state index is 12.7. The van der Waals surface area contributed by atoms with Crippen LogP contribution in [-0.2, 0) is 10.0 Å². The van der Waals surface area contributed by atoms with Crippen molar-refractivity contribution < 1.29 is 13.2 Å². The number of aryl methyl sites for hydroxylation is 3. The maximum absolute atomic E-state index is 12.7. The van der Waals surface area contributed by atoms with Gasteiger partial charge in [0.1, 0.15) is 0 Å². The van der Waals surface area contributed by atoms with Gasteiger partial charge in [0.15, 0.2) is 5.69 Å². The van der Waals surface area contributed by atoms with E-state index < -0.39 is 10.0 Å². The number of carbonyl (C=O) groups is 1. The number of nitrogens with one attached hydrogen (secondary N) is 1. The van der Waals surface area contributed by atoms with Crippen molar-refractivity contribution in [3.8, 4) is 5.69 Å². The largest absolute Gasteiger partial charge is 0.344 e. The number of benzene rings is 2. The van der Waals surface area contributed by atoms with E-state index in [1.165, 1.54) is 16.9 Å². The first-order valence-corrected chi connectivity index (χ1v) is 10.6. The standard InChI is InChI=1S/C20H23N5O3S/c1-12-5-10-18(13(2)11-12)25-23-15(4)19(24-25)20(26)22-14(3)16-6-8-17(9-7-16)29(21,27)28/h5-11,14H,1-4H3,(H,22,26)(H2,21,27,28). The zero-order chi connectivity index (χ0) is 21.3. The Balaban J connectivity index is 1.79. The fraction of sp³-hybridized carbons (Fsp3) is 0.250. The van der Waals surface area contributed by atoms with Crippen LogP contribution < -0.4 is 10.5 Å². The van der Waals surface area contributed by atoms with Crippen molar-refractivity contribution in [2.45, 2.75) is 38.6 Å². The molecule has 3 rings (SSSR count). The second-order valence-electron chi connectivity index (χ2n) is 7.02. The van der Waals surface area contributed by atoms with E-state index in [1.54, 1.807) is 26.0 Å². The van der Waals surface area contributed by atoms with E-state index in [-0.39, 0.29) is 22.5 Å². The molecule has 1 heterocycles. The lowest BCUT2D eigenvalue weighted by molar-refractivity contribution is 0.0933. The van der Waals surface area contributed by atoms with Crippen LogP contribution in [0.15, 0.2) is 47.4 Å². The van der Waals surface area contributed by atoms with Gasteiger partial charge in [0.2, 0.25) is 10.0 Å². The molecule has 3 N–H and O–H groups in total. The van der Waals surface area contributed by atoms with E-state index >= 15 is 0 Å². The lowest BCUT2D eigenvalue weighted by atomic mass is 10.1. The minimum Gasteiger partial charge on any atom is -0.344 e. The number of amides is 1. The Bertz CT molecular complexity index is 1170. The van der Waals surface area contributed by atoms with Gasteiger partial charge >= 0.3 is 0 Å². The Morgan fingerprint density at radius 2 is 1.72 bits per heavy atom. The molecule has 0 fully saturated rings. The molecular formula is C20H23N5O3S. The van der Waals surface area contributed by atoms with Gasteiger partial charge in [0.25, 0.3) is 5.91 Å². The van der Waals surface area contributed by atoms with Gasteiger partial charge in [0.05, 0.1) is 22.3 Å². The van der Waals surface area contributed by atoms with E-state index in [0.717, 1.165) is 22.4 Å². The molecule has 3 aromatic rings. The summed E-state index contributed by atoms with van der Waals surface area (Å²) < 4.78 is 22.7. The van der Waals surface area contributed by atoms with Gasteiger partial charge < -0.3 is 5.32 Å². The van der Waals surface area contributed by atoms with Gasteiger partial charge in [-0.15, -0.1) is 5.10 Å². The minimum atomic E-state index is -3.76. The van der Waals surface area contributed by atoms with E-state index in [2.05, 4.69) is 15.5 Å². The summed E-state index contributed by atoms with van der Waals surface area (Å²) in [6, 6.07) is 11.6. The number of sulfonamides is 1. The summed E-state index contributed by atoms with van der Waals surface area (Å²) in [5.41, 5.74) is 4.44. The Morgan fingerprint density at radius 1 is 1.07 bits per heavy atom. The van der Waals surface area contributed by atoms with Crippen molar-refractivity contribution in [1.82, 2.24) is 20.3 Å². The SMILES string of the molecule is Cc1ccc(-n2nc(C)c(C(=O)NC(C)c3ccc(S(N)(=O)=O)cc3)n2)c(C)c1. The predicted octanol–water partition coefficient (Wildman–Crippen LogP) is 2.33. The summed E-state index contributed by atoms with van der Waals surface area (Å²) in [5.74, 6) is -0.360. The van der Waals surface area contributed by atoms with Crippen molar-refractivity contribution in [1.29, 1.82) is 0 Å². The second-order valence-corrected chi connectivity index (χ2v) is 8.58. The minimum absolute atomic E-state index is 0.0204. The van der Waals surface area contributed by atoms with Crippen LogP contribution >= 0.6 is 0 Å². The van der Waals surface area contributed by atoms with Crippen LogP contribution in [-0.4, -0.2) is 29.3 Å². The van der Waals surface area contributed by atoms with Crippen molar-refractivity contribution in [2.24, 2.45) is 5.14 Å². The summed E-state index contributed by atoms with van der Waals surface area (Å²) in [6.07, 6.45) is 0. The molecule has 2 aromatic carbocycles. The third-order valence-electron chi connectivity index (χ3n) is 4.62. The first-order chi connectivity index (χ1) is 13.6. The van der Waals surface area contributed by atoms with E-state index in [9.17, 15) is 13.2 Å². The van der Waals surface area contributed by atoms with Crippen LogP contribution in [0, 0.1) is 20.8 Å². The van der Waals surface area contributed by atoms with E-state index in [0.29, 0.717) is 5.69 Å². The third kappa shape index (κ3) is 4.52. The van der Waals surface area contributed by atoms with Gasteiger partial charge in [-0.3, -0.25) is 4.79 Å². The molecule has 0 saturated heterocycles. The number of rotatable bonds is 5. The molecule has 8 nitrogen and oxygen atoms in total. The number of aromatic nitrogens is 3. The molecule has 0 saturated carbocycles. The quantitative estimate of drug-likeness (QED) is 0.665. The molecule has 29 heavy (non-hydrogen) atoms. The highest BCUT2D eigenvalue weighted by molar-refractivity contribution is 7.89. The number of hydrogen-bond donors (Lipinski definition) is 2. The van der Waals surface area contributed by atoms with Crippen LogP contribution in [0.4, 0.5) is 0 Å². The summed E-state index contributed by atoms with van der Waals surface area (Å²) >= 11 is 0. The lowest BCUT2D eigenvalue weighted by Crippen LogP contribution is -2.27. The van der Waals surface area contributed by atoms with Crippen molar-refractivity contribution in [3.63, 3.8) is 0 Å². The van der Waals surface area contributed by atoms with Crippen molar-refractivity contribution in [3.05, 3.63) is 70.5 Å². The first-order valence-electron chi connectivity index (χ1n) is 9.01. The number of hydrogen-bond acceptors (Lipinski definition) is 5. The third-order valence-corrected chi connectivity index (χ3v) is 5.55. The molecule has 9 heteroatoms. The highest BCUT2D eigenvalue weighted by Crippen LogP contribution is 2.18. The molecule has 0 bridgehead atoms. The fourth-order valence-electron chi connectivity index (χ4n) is 3.02. The van der Waals surface area contributed by atoms with Crippen LogP contribution in [0.1, 0.15) is 45.8 Å². The topological polar surface area (TPSA) is 120 Å². The van der Waals surface area contributed by atoms with Crippen LogP contribution in [0.25, 0.3) is 5.69 Å². The summed E-state index contributed by atoms with van der Waals surface area (Å²) in [7, 11) is -3.76. The molecule has 0 aliphatic rings. The van der Waals surface area contributed by atoms with Crippen molar-refractivity contribution >= 4 is 15.9 Å². The molecular weight excluding hydrogens is 390 g/mol. The molecule has 152 valence electrons. The lowest BCUT2D eigenvalue weighted by Gasteiger charge is -2.14. The molecule has 0 spiro atoms. The molecule has 0 radical (unpaired) electrons. The maximum Gasteiger partial charge on any atom is 0.274 e. The van der Waals surface area contributed by atoms with Crippen LogP contribution in [0.3, 0.4) is 0 Å². The van der Waals surface area contributed by atoms with E-state index in [1.807, 2.05) is 32.0 Å². The highest BCUT2D eigenvalue weighted by atomic mass is 32.2. The zero-order valence-corrected chi connectivity index (χ0v) is 17.5. The van der Waals surface area contributed by atoms with Crippen LogP contribution in [0.5, 0.6) is 0 Å². The summed E-state index contributed by atoms with van der Waals surface area (Å²) in [5, 5.41) is 16.7. The monoisotopic (exact) mass is 413 g/mol. The number of carbonyl (C=O) groups excluding carboxylic acids is 1. The second kappa shape index (κ2) is 7.76. The number of nitrogens with zero attached hydrogens (tertiary/aromatic N) is 3. The summed E-state index contributed by atoms with van der Waals surface area (Å²) in [4.78, 5) is 14.2. The van der Waals surface area contributed by atoms with Gasteiger partial charge in [-0.2, -0.15) is 9.90 Å². The van der Waals surface area contributed by atoms with Gasteiger partial charge in [-0.1, -0.05) is 29.8 Å². The van der Waals surface area contributed by atoms with Crippen molar-refractivity contribution in [2.75, 3.05) is 0 Å². The fourth-order valence-corrected chi connectivity index (χ4v) is 3.54.